The molecular formula is C10H24N2O. The second-order valence-corrected chi connectivity index (χ2v) is 3.90. The lowest BCUT2D eigenvalue weighted by molar-refractivity contribution is 0.282. The fourth-order valence-electron chi connectivity index (χ4n) is 1.04. The summed E-state index contributed by atoms with van der Waals surface area (Å²) in [4.78, 5) is 0. The molecule has 3 nitrogen and oxygen atoms in total. The van der Waals surface area contributed by atoms with Crippen LogP contribution in [0.15, 0.2) is 0 Å². The predicted octanol–water partition coefficient (Wildman–Crippen LogP) is 0.722. The minimum Gasteiger partial charge on any atom is -0.396 e. The molecule has 0 radical (unpaired) electrons. The van der Waals surface area contributed by atoms with Gasteiger partial charge in [0.2, 0.25) is 0 Å². The van der Waals surface area contributed by atoms with Gasteiger partial charge in [0.25, 0.3) is 0 Å². The molecule has 0 aromatic carbocycles. The molecule has 0 aliphatic rings. The molecule has 0 aromatic heterocycles. The highest BCUT2D eigenvalue weighted by Crippen LogP contribution is 1.96. The summed E-state index contributed by atoms with van der Waals surface area (Å²) in [7, 11) is 0. The van der Waals surface area contributed by atoms with E-state index in [9.17, 15) is 0 Å². The molecule has 0 amide bonds. The summed E-state index contributed by atoms with van der Waals surface area (Å²) in [5, 5.41) is 11.9. The fourth-order valence-corrected chi connectivity index (χ4v) is 1.04. The Kier molecular flexibility index (Phi) is 8.40. The molecule has 0 saturated heterocycles. The van der Waals surface area contributed by atoms with Crippen LogP contribution >= 0.6 is 0 Å². The lowest BCUT2D eigenvalue weighted by atomic mass is 10.1. The van der Waals surface area contributed by atoms with E-state index in [0.29, 0.717) is 12.5 Å². The van der Waals surface area contributed by atoms with Crippen molar-refractivity contribution in [2.75, 3.05) is 19.7 Å². The van der Waals surface area contributed by atoms with E-state index in [1.807, 2.05) is 0 Å². The molecule has 0 fully saturated rings. The summed E-state index contributed by atoms with van der Waals surface area (Å²) < 4.78 is 0. The minimum absolute atomic E-state index is 0.262. The summed E-state index contributed by atoms with van der Waals surface area (Å²) in [6, 6.07) is 0.262. The van der Waals surface area contributed by atoms with Gasteiger partial charge in [-0.1, -0.05) is 13.8 Å². The highest BCUT2D eigenvalue weighted by molar-refractivity contribution is 4.67. The van der Waals surface area contributed by atoms with E-state index in [-0.39, 0.29) is 6.04 Å². The zero-order valence-corrected chi connectivity index (χ0v) is 8.92. The molecule has 1 unspecified atom stereocenters. The maximum atomic E-state index is 8.54. The van der Waals surface area contributed by atoms with Crippen LogP contribution in [0.4, 0.5) is 0 Å². The Morgan fingerprint density at radius 1 is 1.23 bits per heavy atom. The van der Waals surface area contributed by atoms with Crippen molar-refractivity contribution in [3.05, 3.63) is 0 Å². The van der Waals surface area contributed by atoms with E-state index in [0.717, 1.165) is 32.4 Å². The van der Waals surface area contributed by atoms with E-state index >= 15 is 0 Å². The van der Waals surface area contributed by atoms with Gasteiger partial charge in [-0.3, -0.25) is 0 Å². The quantitative estimate of drug-likeness (QED) is 0.492. The maximum absolute atomic E-state index is 8.54. The van der Waals surface area contributed by atoms with Crippen LogP contribution in [0.3, 0.4) is 0 Å². The van der Waals surface area contributed by atoms with E-state index in [1.165, 1.54) is 0 Å². The lowest BCUT2D eigenvalue weighted by Gasteiger charge is -2.15. The average Bonchev–Trinajstić information content (AvgIpc) is 2.10. The van der Waals surface area contributed by atoms with Crippen molar-refractivity contribution in [2.45, 2.75) is 39.2 Å². The van der Waals surface area contributed by atoms with Gasteiger partial charge in [-0.05, 0) is 31.7 Å². The highest BCUT2D eigenvalue weighted by atomic mass is 16.2. The van der Waals surface area contributed by atoms with E-state index in [1.54, 1.807) is 0 Å². The Morgan fingerprint density at radius 2 is 1.92 bits per heavy atom. The third-order valence-electron chi connectivity index (χ3n) is 2.25. The number of hydrogen-bond donors (Lipinski definition) is 3. The van der Waals surface area contributed by atoms with Gasteiger partial charge < -0.3 is 16.2 Å². The Morgan fingerprint density at radius 3 is 2.46 bits per heavy atom. The van der Waals surface area contributed by atoms with Crippen molar-refractivity contribution in [1.82, 2.24) is 5.32 Å². The number of aliphatic hydroxyl groups is 1. The van der Waals surface area contributed by atoms with Crippen molar-refractivity contribution >= 4 is 0 Å². The molecular weight excluding hydrogens is 164 g/mol. The topological polar surface area (TPSA) is 58.3 Å². The normalized spacial score (nSPS) is 13.6. The number of aliphatic hydroxyl groups excluding tert-OH is 1. The molecule has 80 valence electrons. The first-order chi connectivity index (χ1) is 6.18. The van der Waals surface area contributed by atoms with Crippen LogP contribution in [0.5, 0.6) is 0 Å². The third-order valence-corrected chi connectivity index (χ3v) is 2.25. The Labute approximate surface area is 81.7 Å². The van der Waals surface area contributed by atoms with Crippen molar-refractivity contribution in [1.29, 1.82) is 0 Å². The first kappa shape index (κ1) is 12.9. The van der Waals surface area contributed by atoms with Gasteiger partial charge in [-0.15, -0.1) is 0 Å². The Balaban J connectivity index is 3.07. The summed E-state index contributed by atoms with van der Waals surface area (Å²) in [5.74, 6) is 0.546. The van der Waals surface area contributed by atoms with E-state index in [2.05, 4.69) is 19.2 Å². The van der Waals surface area contributed by atoms with Crippen LogP contribution in [0.25, 0.3) is 0 Å². The zero-order valence-electron chi connectivity index (χ0n) is 8.92. The highest BCUT2D eigenvalue weighted by Gasteiger charge is 2.05. The molecule has 0 aliphatic carbocycles. The van der Waals surface area contributed by atoms with Crippen molar-refractivity contribution < 1.29 is 5.11 Å². The zero-order chi connectivity index (χ0) is 10.1. The van der Waals surface area contributed by atoms with E-state index in [4.69, 9.17) is 10.8 Å². The Bertz CT molecular complexity index is 107. The first-order valence-electron chi connectivity index (χ1n) is 5.25. The van der Waals surface area contributed by atoms with Crippen LogP contribution in [0.2, 0.25) is 0 Å². The molecule has 0 bridgehead atoms. The number of unbranched alkanes of at least 4 members (excludes halogenated alkanes) is 2. The molecule has 0 rings (SSSR count). The molecule has 0 heterocycles. The van der Waals surface area contributed by atoms with Crippen molar-refractivity contribution in [2.24, 2.45) is 11.7 Å². The second kappa shape index (κ2) is 8.48. The SMILES string of the molecule is CC(C)C(N)CNCCCCCO. The molecule has 1 atom stereocenters. The number of hydrogen-bond acceptors (Lipinski definition) is 3. The molecule has 0 aromatic rings. The van der Waals surface area contributed by atoms with Crippen LogP contribution in [-0.2, 0) is 0 Å². The molecule has 4 N–H and O–H groups in total. The van der Waals surface area contributed by atoms with Gasteiger partial charge in [-0.25, -0.2) is 0 Å². The van der Waals surface area contributed by atoms with Crippen molar-refractivity contribution in [3.8, 4) is 0 Å². The largest absolute Gasteiger partial charge is 0.396 e. The number of nitrogens with two attached hydrogens (primary N) is 1. The maximum Gasteiger partial charge on any atom is 0.0431 e. The molecule has 0 aliphatic heterocycles. The second-order valence-electron chi connectivity index (χ2n) is 3.90. The lowest BCUT2D eigenvalue weighted by Crippen LogP contribution is -2.38. The molecule has 13 heavy (non-hydrogen) atoms. The van der Waals surface area contributed by atoms with Crippen LogP contribution < -0.4 is 11.1 Å². The van der Waals surface area contributed by atoms with Gasteiger partial charge in [0.15, 0.2) is 0 Å². The summed E-state index contributed by atoms with van der Waals surface area (Å²) in [6.07, 6.45) is 3.14. The summed E-state index contributed by atoms with van der Waals surface area (Å²) in [6.45, 7) is 6.50. The number of nitrogens with one attached hydrogen (secondary N) is 1. The smallest absolute Gasteiger partial charge is 0.0431 e. The fraction of sp³-hybridized carbons (Fsp3) is 1.00. The van der Waals surface area contributed by atoms with Gasteiger partial charge in [-0.2, -0.15) is 0 Å². The van der Waals surface area contributed by atoms with E-state index < -0.39 is 0 Å². The van der Waals surface area contributed by atoms with Crippen molar-refractivity contribution in [3.63, 3.8) is 0 Å². The molecule has 0 spiro atoms. The first-order valence-corrected chi connectivity index (χ1v) is 5.25. The third kappa shape index (κ3) is 8.22. The Hall–Kier alpha value is -0.120. The predicted molar refractivity (Wildman–Crippen MR) is 56.6 cm³/mol. The van der Waals surface area contributed by atoms with Gasteiger partial charge in [0.1, 0.15) is 0 Å². The monoisotopic (exact) mass is 188 g/mol. The van der Waals surface area contributed by atoms with Gasteiger partial charge in [0, 0.05) is 19.2 Å². The standard InChI is InChI=1S/C10H24N2O/c1-9(2)10(11)8-12-6-4-3-5-7-13/h9-10,12-13H,3-8,11H2,1-2H3. The average molecular weight is 188 g/mol. The van der Waals surface area contributed by atoms with Gasteiger partial charge >= 0.3 is 0 Å². The van der Waals surface area contributed by atoms with Gasteiger partial charge in [0.05, 0.1) is 0 Å². The minimum atomic E-state index is 0.262. The molecule has 3 heteroatoms. The van der Waals surface area contributed by atoms with Crippen LogP contribution in [-0.4, -0.2) is 30.8 Å². The summed E-state index contributed by atoms with van der Waals surface area (Å²) in [5.41, 5.74) is 5.85. The number of rotatable bonds is 8. The van der Waals surface area contributed by atoms with Crippen LogP contribution in [0.1, 0.15) is 33.1 Å². The molecule has 0 saturated carbocycles. The van der Waals surface area contributed by atoms with Crippen LogP contribution in [0, 0.1) is 5.92 Å². The summed E-state index contributed by atoms with van der Waals surface area (Å²) >= 11 is 0.